The first-order valence-electron chi connectivity index (χ1n) is 8.09. The van der Waals surface area contributed by atoms with Crippen LogP contribution in [0.25, 0.3) is 0 Å². The van der Waals surface area contributed by atoms with Crippen LogP contribution in [0.15, 0.2) is 36.4 Å². The van der Waals surface area contributed by atoms with Gasteiger partial charge in [-0.1, -0.05) is 18.2 Å². The Hall–Kier alpha value is -2.41. The van der Waals surface area contributed by atoms with Gasteiger partial charge in [0.15, 0.2) is 6.29 Å². The van der Waals surface area contributed by atoms with Gasteiger partial charge in [-0.3, -0.25) is 9.69 Å². The standard InChI is InChI=1S/C19H21NO5/c1-12-6-14(10-21)18(24)16(7-12)19-20(9-15(11-22)25-19)8-13-4-2-3-5-17(13)23/h2-7,10,15,19,22-24H,8-9,11H2,1H3/t15-,19-/m1/s1. The Bertz CT molecular complexity index is 776. The maximum absolute atomic E-state index is 11.2. The number of nitrogens with zero attached hydrogens (tertiary/aromatic N) is 1. The molecule has 0 aromatic heterocycles. The molecule has 1 heterocycles. The van der Waals surface area contributed by atoms with Gasteiger partial charge in [0, 0.05) is 24.2 Å². The van der Waals surface area contributed by atoms with Gasteiger partial charge in [0.1, 0.15) is 17.7 Å². The molecule has 0 bridgehead atoms. The predicted molar refractivity (Wildman–Crippen MR) is 91.4 cm³/mol. The summed E-state index contributed by atoms with van der Waals surface area (Å²) < 4.78 is 5.88. The molecule has 1 aliphatic rings. The molecule has 25 heavy (non-hydrogen) atoms. The highest BCUT2D eigenvalue weighted by molar-refractivity contribution is 5.80. The van der Waals surface area contributed by atoms with Crippen molar-refractivity contribution >= 4 is 6.29 Å². The number of ether oxygens (including phenoxy) is 1. The van der Waals surface area contributed by atoms with Crippen molar-refractivity contribution in [3.8, 4) is 11.5 Å². The Labute approximate surface area is 145 Å². The maximum atomic E-state index is 11.2. The quantitative estimate of drug-likeness (QED) is 0.721. The largest absolute Gasteiger partial charge is 0.508 e. The maximum Gasteiger partial charge on any atom is 0.153 e. The van der Waals surface area contributed by atoms with Crippen molar-refractivity contribution in [1.29, 1.82) is 0 Å². The third-order valence-electron chi connectivity index (χ3n) is 4.37. The van der Waals surface area contributed by atoms with Gasteiger partial charge in [-0.2, -0.15) is 0 Å². The number of carbonyl (C=O) groups is 1. The highest BCUT2D eigenvalue weighted by Gasteiger charge is 2.36. The fraction of sp³-hybridized carbons (Fsp3) is 0.316. The van der Waals surface area contributed by atoms with Crippen molar-refractivity contribution in [2.24, 2.45) is 0 Å². The second kappa shape index (κ2) is 7.23. The van der Waals surface area contributed by atoms with E-state index < -0.39 is 12.3 Å². The van der Waals surface area contributed by atoms with Crippen LogP contribution in [0, 0.1) is 6.92 Å². The number of rotatable bonds is 5. The third-order valence-corrected chi connectivity index (χ3v) is 4.37. The van der Waals surface area contributed by atoms with Gasteiger partial charge in [0.25, 0.3) is 0 Å². The van der Waals surface area contributed by atoms with Crippen LogP contribution in [-0.2, 0) is 11.3 Å². The Balaban J connectivity index is 1.96. The number of aromatic hydroxyl groups is 2. The molecule has 0 spiro atoms. The monoisotopic (exact) mass is 343 g/mol. The Morgan fingerprint density at radius 2 is 2.04 bits per heavy atom. The average Bonchev–Trinajstić information content (AvgIpc) is 3.01. The lowest BCUT2D eigenvalue weighted by atomic mass is 10.0. The molecule has 3 N–H and O–H groups in total. The van der Waals surface area contributed by atoms with Gasteiger partial charge >= 0.3 is 0 Å². The molecule has 1 saturated heterocycles. The van der Waals surface area contributed by atoms with Crippen LogP contribution < -0.4 is 0 Å². The van der Waals surface area contributed by atoms with Crippen molar-refractivity contribution < 1.29 is 24.9 Å². The summed E-state index contributed by atoms with van der Waals surface area (Å²) in [5, 5.41) is 29.9. The number of aldehydes is 1. The fourth-order valence-corrected chi connectivity index (χ4v) is 3.16. The normalized spacial score (nSPS) is 20.7. The highest BCUT2D eigenvalue weighted by Crippen LogP contribution is 2.38. The highest BCUT2D eigenvalue weighted by atomic mass is 16.5. The number of aliphatic hydroxyl groups excluding tert-OH is 1. The molecule has 0 radical (unpaired) electrons. The first kappa shape index (κ1) is 17.4. The molecular formula is C19H21NO5. The number of hydrogen-bond donors (Lipinski definition) is 3. The number of benzene rings is 2. The molecule has 2 atom stereocenters. The predicted octanol–water partition coefficient (Wildman–Crippen LogP) is 2.11. The summed E-state index contributed by atoms with van der Waals surface area (Å²) in [5.41, 5.74) is 2.23. The lowest BCUT2D eigenvalue weighted by Gasteiger charge is -2.25. The molecule has 0 aliphatic carbocycles. The molecule has 6 heteroatoms. The van der Waals surface area contributed by atoms with Crippen LogP contribution in [0.4, 0.5) is 0 Å². The minimum absolute atomic E-state index is 0.119. The van der Waals surface area contributed by atoms with Crippen LogP contribution in [-0.4, -0.2) is 45.8 Å². The van der Waals surface area contributed by atoms with Crippen LogP contribution in [0.5, 0.6) is 11.5 Å². The van der Waals surface area contributed by atoms with Crippen molar-refractivity contribution in [1.82, 2.24) is 4.90 Å². The van der Waals surface area contributed by atoms with E-state index in [0.717, 1.165) is 11.1 Å². The van der Waals surface area contributed by atoms with E-state index in [4.69, 9.17) is 4.74 Å². The zero-order chi connectivity index (χ0) is 18.0. The number of aryl methyl sites for hydroxylation is 1. The zero-order valence-electron chi connectivity index (χ0n) is 13.9. The molecule has 132 valence electrons. The van der Waals surface area contributed by atoms with E-state index in [2.05, 4.69) is 0 Å². The minimum Gasteiger partial charge on any atom is -0.508 e. The van der Waals surface area contributed by atoms with Crippen molar-refractivity contribution in [2.75, 3.05) is 13.2 Å². The second-order valence-electron chi connectivity index (χ2n) is 6.26. The average molecular weight is 343 g/mol. The van der Waals surface area contributed by atoms with Crippen LogP contribution in [0.1, 0.15) is 33.3 Å². The Kier molecular flexibility index (Phi) is 5.03. The molecule has 2 aromatic carbocycles. The van der Waals surface area contributed by atoms with E-state index in [-0.39, 0.29) is 23.7 Å². The summed E-state index contributed by atoms with van der Waals surface area (Å²) in [4.78, 5) is 13.1. The summed E-state index contributed by atoms with van der Waals surface area (Å²) in [6.07, 6.45) is -0.414. The number of aliphatic hydroxyl groups is 1. The van der Waals surface area contributed by atoms with E-state index in [1.54, 1.807) is 24.3 Å². The first-order chi connectivity index (χ1) is 12.0. The molecule has 0 saturated carbocycles. The van der Waals surface area contributed by atoms with Crippen LogP contribution in [0.2, 0.25) is 0 Å². The molecule has 1 fully saturated rings. The molecule has 1 aliphatic heterocycles. The lowest BCUT2D eigenvalue weighted by Crippen LogP contribution is -2.25. The molecule has 3 rings (SSSR count). The summed E-state index contributed by atoms with van der Waals surface area (Å²) in [6.45, 7) is 2.51. The minimum atomic E-state index is -0.615. The first-order valence-corrected chi connectivity index (χ1v) is 8.09. The number of para-hydroxylation sites is 1. The lowest BCUT2D eigenvalue weighted by molar-refractivity contribution is -0.0228. The topological polar surface area (TPSA) is 90.2 Å². The smallest absolute Gasteiger partial charge is 0.153 e. The number of carbonyl (C=O) groups excluding carboxylic acids is 1. The molecular weight excluding hydrogens is 322 g/mol. The third kappa shape index (κ3) is 3.51. The van der Waals surface area contributed by atoms with Gasteiger partial charge < -0.3 is 20.1 Å². The van der Waals surface area contributed by atoms with Crippen molar-refractivity contribution in [2.45, 2.75) is 25.8 Å². The molecule has 2 aromatic rings. The van der Waals surface area contributed by atoms with E-state index in [0.29, 0.717) is 24.9 Å². The Morgan fingerprint density at radius 3 is 2.72 bits per heavy atom. The van der Waals surface area contributed by atoms with E-state index >= 15 is 0 Å². The number of phenolic OH excluding ortho intramolecular Hbond substituents is 2. The van der Waals surface area contributed by atoms with Gasteiger partial charge in [-0.15, -0.1) is 0 Å². The number of hydrogen-bond acceptors (Lipinski definition) is 6. The molecule has 0 unspecified atom stereocenters. The van der Waals surface area contributed by atoms with Gasteiger partial charge in [0.05, 0.1) is 18.3 Å². The molecule has 6 nitrogen and oxygen atoms in total. The number of phenols is 2. The summed E-state index contributed by atoms with van der Waals surface area (Å²) in [7, 11) is 0. The van der Waals surface area contributed by atoms with Crippen LogP contribution in [0.3, 0.4) is 0 Å². The summed E-state index contributed by atoms with van der Waals surface area (Å²) in [6, 6.07) is 10.4. The van der Waals surface area contributed by atoms with Crippen molar-refractivity contribution in [3.05, 3.63) is 58.7 Å². The van der Waals surface area contributed by atoms with E-state index in [1.165, 1.54) is 0 Å². The second-order valence-corrected chi connectivity index (χ2v) is 6.26. The van der Waals surface area contributed by atoms with Crippen molar-refractivity contribution in [3.63, 3.8) is 0 Å². The van der Waals surface area contributed by atoms with E-state index in [9.17, 15) is 20.1 Å². The van der Waals surface area contributed by atoms with Gasteiger partial charge in [-0.25, -0.2) is 0 Å². The SMILES string of the molecule is Cc1cc(C=O)c(O)c([C@H]2O[C@@H](CO)CN2Cc2ccccc2O)c1. The van der Waals surface area contributed by atoms with Crippen LogP contribution >= 0.6 is 0 Å². The zero-order valence-corrected chi connectivity index (χ0v) is 13.9. The summed E-state index contributed by atoms with van der Waals surface area (Å²) >= 11 is 0. The Morgan fingerprint density at radius 1 is 1.28 bits per heavy atom. The summed E-state index contributed by atoms with van der Waals surface area (Å²) in [5.74, 6) is 0.0576. The molecule has 0 amide bonds. The van der Waals surface area contributed by atoms with E-state index in [1.807, 2.05) is 24.0 Å². The fourth-order valence-electron chi connectivity index (χ4n) is 3.16. The van der Waals surface area contributed by atoms with Gasteiger partial charge in [-0.05, 0) is 30.7 Å². The van der Waals surface area contributed by atoms with Gasteiger partial charge in [0.2, 0.25) is 0 Å².